The number of thiazole rings is 1. The maximum Gasteiger partial charge on any atom is 0.0846 e. The molecule has 1 nitrogen and oxygen atoms in total. The molecular formula is C11H11NS. The Balaban J connectivity index is 2.20. The van der Waals surface area contributed by atoms with Gasteiger partial charge < -0.3 is 0 Å². The van der Waals surface area contributed by atoms with E-state index in [1.54, 1.807) is 11.3 Å². The van der Waals surface area contributed by atoms with E-state index in [1.165, 1.54) is 35.0 Å². The summed E-state index contributed by atoms with van der Waals surface area (Å²) in [6.07, 6.45) is 4.11. The predicted molar refractivity (Wildman–Crippen MR) is 56.2 cm³/mol. The number of benzene rings is 1. The molecule has 0 spiro atoms. The van der Waals surface area contributed by atoms with Gasteiger partial charge in [-0.1, -0.05) is 18.6 Å². The second kappa shape index (κ2) is 2.81. The van der Waals surface area contributed by atoms with Gasteiger partial charge in [-0.15, -0.1) is 11.3 Å². The number of aromatic nitrogens is 1. The second-order valence-electron chi connectivity index (χ2n) is 3.67. The van der Waals surface area contributed by atoms with Crippen LogP contribution in [-0.2, 0) is 0 Å². The van der Waals surface area contributed by atoms with Crippen molar-refractivity contribution in [2.75, 3.05) is 0 Å². The Morgan fingerprint density at radius 3 is 3.00 bits per heavy atom. The van der Waals surface area contributed by atoms with Gasteiger partial charge in [0.1, 0.15) is 0 Å². The van der Waals surface area contributed by atoms with Gasteiger partial charge in [-0.05, 0) is 30.4 Å². The van der Waals surface area contributed by atoms with Crippen molar-refractivity contribution in [2.45, 2.75) is 25.2 Å². The zero-order valence-corrected chi connectivity index (χ0v) is 8.18. The molecule has 1 fully saturated rings. The largest absolute Gasteiger partial charge is 0.244 e. The average Bonchev–Trinajstić information content (AvgIpc) is 2.49. The van der Waals surface area contributed by atoms with E-state index in [0.717, 1.165) is 5.92 Å². The van der Waals surface area contributed by atoms with Crippen LogP contribution in [0.4, 0.5) is 0 Å². The van der Waals surface area contributed by atoms with Crippen molar-refractivity contribution in [3.63, 3.8) is 0 Å². The number of fused-ring (bicyclic) bond motifs is 1. The van der Waals surface area contributed by atoms with Crippen LogP contribution in [0.25, 0.3) is 10.2 Å². The molecule has 66 valence electrons. The highest BCUT2D eigenvalue weighted by molar-refractivity contribution is 7.16. The lowest BCUT2D eigenvalue weighted by Gasteiger charge is -2.25. The van der Waals surface area contributed by atoms with Gasteiger partial charge in [-0.3, -0.25) is 0 Å². The highest BCUT2D eigenvalue weighted by Crippen LogP contribution is 2.39. The number of rotatable bonds is 1. The Kier molecular flexibility index (Phi) is 1.62. The molecule has 2 heteroatoms. The van der Waals surface area contributed by atoms with Crippen molar-refractivity contribution in [1.82, 2.24) is 4.98 Å². The van der Waals surface area contributed by atoms with Crippen LogP contribution in [0.5, 0.6) is 0 Å². The van der Waals surface area contributed by atoms with Crippen molar-refractivity contribution in [2.24, 2.45) is 0 Å². The SMILES string of the molecule is c1cc(C2CCC2)c2ncsc2c1. The van der Waals surface area contributed by atoms with E-state index < -0.39 is 0 Å². The van der Waals surface area contributed by atoms with Crippen molar-refractivity contribution < 1.29 is 0 Å². The summed E-state index contributed by atoms with van der Waals surface area (Å²) in [6, 6.07) is 6.56. The molecule has 0 radical (unpaired) electrons. The van der Waals surface area contributed by atoms with E-state index in [4.69, 9.17) is 0 Å². The molecule has 0 N–H and O–H groups in total. The summed E-state index contributed by atoms with van der Waals surface area (Å²) in [5, 5.41) is 0. The fourth-order valence-corrected chi connectivity index (χ4v) is 2.67. The van der Waals surface area contributed by atoms with Crippen LogP contribution in [0, 0.1) is 0 Å². The Morgan fingerprint density at radius 1 is 1.31 bits per heavy atom. The van der Waals surface area contributed by atoms with Gasteiger partial charge in [0.15, 0.2) is 0 Å². The molecule has 0 atom stereocenters. The molecule has 0 bridgehead atoms. The van der Waals surface area contributed by atoms with Crippen LogP contribution < -0.4 is 0 Å². The number of nitrogens with zero attached hydrogens (tertiary/aromatic N) is 1. The van der Waals surface area contributed by atoms with E-state index >= 15 is 0 Å². The molecule has 1 aliphatic carbocycles. The van der Waals surface area contributed by atoms with Crippen LogP contribution in [0.3, 0.4) is 0 Å². The molecule has 0 unspecified atom stereocenters. The van der Waals surface area contributed by atoms with Gasteiger partial charge in [0.2, 0.25) is 0 Å². The summed E-state index contributed by atoms with van der Waals surface area (Å²) in [5.74, 6) is 0.797. The number of hydrogen-bond acceptors (Lipinski definition) is 2. The predicted octanol–water partition coefficient (Wildman–Crippen LogP) is 3.56. The lowest BCUT2D eigenvalue weighted by atomic mass is 9.80. The van der Waals surface area contributed by atoms with Gasteiger partial charge in [-0.2, -0.15) is 0 Å². The molecule has 0 saturated heterocycles. The monoisotopic (exact) mass is 189 g/mol. The quantitative estimate of drug-likeness (QED) is 0.668. The lowest BCUT2D eigenvalue weighted by Crippen LogP contribution is -2.08. The summed E-state index contributed by atoms with van der Waals surface area (Å²) in [7, 11) is 0. The summed E-state index contributed by atoms with van der Waals surface area (Å²) >= 11 is 1.74. The Morgan fingerprint density at radius 2 is 2.23 bits per heavy atom. The summed E-state index contributed by atoms with van der Waals surface area (Å²) in [5.41, 5.74) is 4.68. The maximum atomic E-state index is 4.44. The van der Waals surface area contributed by atoms with Gasteiger partial charge in [0, 0.05) is 0 Å². The first-order chi connectivity index (χ1) is 6.45. The Bertz CT molecular complexity index is 428. The van der Waals surface area contributed by atoms with Crippen LogP contribution >= 0.6 is 11.3 Å². The summed E-state index contributed by atoms with van der Waals surface area (Å²) in [6.45, 7) is 0. The fourth-order valence-electron chi connectivity index (χ4n) is 1.96. The normalized spacial score (nSPS) is 17.5. The van der Waals surface area contributed by atoms with E-state index in [2.05, 4.69) is 23.2 Å². The van der Waals surface area contributed by atoms with Crippen LogP contribution in [0.2, 0.25) is 0 Å². The van der Waals surface area contributed by atoms with Gasteiger partial charge in [0.25, 0.3) is 0 Å². The van der Waals surface area contributed by atoms with E-state index in [0.29, 0.717) is 0 Å². The third-order valence-corrected chi connectivity index (χ3v) is 3.73. The van der Waals surface area contributed by atoms with Crippen LogP contribution in [0.15, 0.2) is 23.7 Å². The molecule has 2 aromatic rings. The Labute approximate surface area is 81.4 Å². The third kappa shape index (κ3) is 1.09. The lowest BCUT2D eigenvalue weighted by molar-refractivity contribution is 0.422. The molecule has 1 heterocycles. The molecule has 1 saturated carbocycles. The second-order valence-corrected chi connectivity index (χ2v) is 4.56. The first-order valence-corrected chi connectivity index (χ1v) is 5.65. The maximum absolute atomic E-state index is 4.44. The van der Waals surface area contributed by atoms with E-state index in [9.17, 15) is 0 Å². The van der Waals surface area contributed by atoms with Gasteiger partial charge in [-0.25, -0.2) is 4.98 Å². The molecule has 1 aliphatic rings. The minimum Gasteiger partial charge on any atom is -0.244 e. The van der Waals surface area contributed by atoms with E-state index in [1.807, 2.05) is 5.51 Å². The number of hydrogen-bond donors (Lipinski definition) is 0. The minimum absolute atomic E-state index is 0.797. The third-order valence-electron chi connectivity index (χ3n) is 2.94. The van der Waals surface area contributed by atoms with E-state index in [-0.39, 0.29) is 0 Å². The van der Waals surface area contributed by atoms with Crippen LogP contribution in [-0.4, -0.2) is 4.98 Å². The average molecular weight is 189 g/mol. The smallest absolute Gasteiger partial charge is 0.0846 e. The minimum atomic E-state index is 0.797. The van der Waals surface area contributed by atoms with Crippen molar-refractivity contribution in [3.05, 3.63) is 29.3 Å². The van der Waals surface area contributed by atoms with Crippen molar-refractivity contribution >= 4 is 21.6 Å². The highest BCUT2D eigenvalue weighted by atomic mass is 32.1. The zero-order valence-electron chi connectivity index (χ0n) is 7.36. The molecule has 1 aromatic heterocycles. The molecule has 13 heavy (non-hydrogen) atoms. The van der Waals surface area contributed by atoms with Crippen molar-refractivity contribution in [3.8, 4) is 0 Å². The van der Waals surface area contributed by atoms with Crippen molar-refractivity contribution in [1.29, 1.82) is 0 Å². The molecule has 0 aliphatic heterocycles. The molecule has 3 rings (SSSR count). The molecular weight excluding hydrogens is 178 g/mol. The van der Waals surface area contributed by atoms with Gasteiger partial charge in [0.05, 0.1) is 15.7 Å². The summed E-state index contributed by atoms with van der Waals surface area (Å²) in [4.78, 5) is 4.44. The zero-order chi connectivity index (χ0) is 8.67. The molecule has 1 aromatic carbocycles. The van der Waals surface area contributed by atoms with Crippen LogP contribution in [0.1, 0.15) is 30.7 Å². The fraction of sp³-hybridized carbons (Fsp3) is 0.364. The first kappa shape index (κ1) is 7.51. The highest BCUT2D eigenvalue weighted by Gasteiger charge is 2.21. The Hall–Kier alpha value is -0.890. The number of para-hydroxylation sites is 1. The standard InChI is InChI=1S/C11H11NS/c1-3-8(4-1)9-5-2-6-10-11(9)12-7-13-10/h2,5-8H,1,3-4H2. The van der Waals surface area contributed by atoms with Gasteiger partial charge >= 0.3 is 0 Å². The first-order valence-electron chi connectivity index (χ1n) is 4.77. The summed E-state index contributed by atoms with van der Waals surface area (Å²) < 4.78 is 1.34. The molecule has 0 amide bonds. The topological polar surface area (TPSA) is 12.9 Å².